The number of amides is 6. The molecular weight excluding hydrogens is 676 g/mol. The highest BCUT2D eigenvalue weighted by atomic mass is 16.5. The summed E-state index contributed by atoms with van der Waals surface area (Å²) in [5.74, 6) is -0.986. The lowest BCUT2D eigenvalue weighted by atomic mass is 9.70. The molecule has 1 aliphatic heterocycles. The molecule has 13 nitrogen and oxygen atoms in total. The van der Waals surface area contributed by atoms with E-state index in [-0.39, 0.29) is 35.8 Å². The molecule has 4 unspecified atom stereocenters. The van der Waals surface area contributed by atoms with Crippen molar-refractivity contribution in [3.63, 3.8) is 0 Å². The zero-order valence-electron chi connectivity index (χ0n) is 32.8. The van der Waals surface area contributed by atoms with E-state index >= 15 is 0 Å². The molecule has 6 fully saturated rings. The zero-order valence-corrected chi connectivity index (χ0v) is 32.8. The predicted octanol–water partition coefficient (Wildman–Crippen LogP) is 4.18. The lowest BCUT2D eigenvalue weighted by Crippen LogP contribution is -2.63. The fourth-order valence-electron chi connectivity index (χ4n) is 8.74. The van der Waals surface area contributed by atoms with Gasteiger partial charge in [0.2, 0.25) is 17.6 Å². The highest BCUT2D eigenvalue weighted by Gasteiger charge is 2.70. The molecule has 0 aromatic heterocycles. The minimum Gasteiger partial charge on any atom is -0.447 e. The molecule has 5 N–H and O–H groups in total. The summed E-state index contributed by atoms with van der Waals surface area (Å²) in [7, 11) is 0. The molecule has 0 bridgehead atoms. The van der Waals surface area contributed by atoms with E-state index in [9.17, 15) is 28.8 Å². The van der Waals surface area contributed by atoms with E-state index in [1.165, 1.54) is 0 Å². The number of hydrogen-bond acceptors (Lipinski definition) is 7. The van der Waals surface area contributed by atoms with Crippen molar-refractivity contribution in [2.45, 2.75) is 155 Å². The maximum atomic E-state index is 14.9. The number of alkyl carbamates (subject to hydrolysis) is 1. The number of nitrogens with zero attached hydrogens (tertiary/aromatic N) is 1. The molecular formula is C40H64N6O7. The Balaban J connectivity index is 1.17. The smallest absolute Gasteiger partial charge is 0.407 e. The van der Waals surface area contributed by atoms with E-state index in [2.05, 4.69) is 40.4 Å². The van der Waals surface area contributed by atoms with Gasteiger partial charge in [0, 0.05) is 19.1 Å². The van der Waals surface area contributed by atoms with Crippen LogP contribution in [0.5, 0.6) is 0 Å². The number of nitrogens with one attached hydrogen (secondary N) is 5. The molecule has 6 aliphatic rings. The number of likely N-dealkylation sites (tertiary alicyclic amines) is 1. The number of ketones is 1. The average Bonchev–Trinajstić information content (AvgIpc) is 3.91. The van der Waals surface area contributed by atoms with Crippen molar-refractivity contribution in [2.75, 3.05) is 19.7 Å². The molecule has 5 saturated carbocycles. The van der Waals surface area contributed by atoms with Crippen molar-refractivity contribution in [3.05, 3.63) is 0 Å². The second kappa shape index (κ2) is 15.4. The van der Waals surface area contributed by atoms with Crippen LogP contribution in [0.15, 0.2) is 0 Å². The summed E-state index contributed by atoms with van der Waals surface area (Å²) in [6, 6.07) is -3.73. The van der Waals surface area contributed by atoms with Crippen LogP contribution >= 0.6 is 0 Å². The maximum absolute atomic E-state index is 14.9. The van der Waals surface area contributed by atoms with Crippen LogP contribution in [-0.4, -0.2) is 90.4 Å². The van der Waals surface area contributed by atoms with Crippen LogP contribution in [0.4, 0.5) is 9.59 Å². The summed E-state index contributed by atoms with van der Waals surface area (Å²) in [5, 5.41) is 14.6. The highest BCUT2D eigenvalue weighted by molar-refractivity contribution is 6.38. The van der Waals surface area contributed by atoms with E-state index in [1.807, 2.05) is 27.7 Å². The summed E-state index contributed by atoms with van der Waals surface area (Å²) in [6.45, 7) is 13.0. The lowest BCUT2D eigenvalue weighted by molar-refractivity contribution is -0.146. The minimum absolute atomic E-state index is 0.0210. The Morgan fingerprint density at radius 3 is 2.11 bits per heavy atom. The van der Waals surface area contributed by atoms with Gasteiger partial charge in [0.05, 0.1) is 12.1 Å². The number of ether oxygens (including phenoxy) is 1. The molecule has 0 aromatic carbocycles. The molecule has 296 valence electrons. The van der Waals surface area contributed by atoms with E-state index < -0.39 is 64.7 Å². The first-order valence-corrected chi connectivity index (χ1v) is 20.4. The number of fused-ring (bicyclic) bond motifs is 1. The Hall–Kier alpha value is -3.38. The molecule has 6 rings (SSSR count). The zero-order chi connectivity index (χ0) is 38.3. The van der Waals surface area contributed by atoms with Gasteiger partial charge in [0.25, 0.3) is 5.91 Å². The van der Waals surface area contributed by atoms with Crippen molar-refractivity contribution in [2.24, 2.45) is 39.9 Å². The first-order chi connectivity index (χ1) is 25.0. The topological polar surface area (TPSA) is 175 Å². The molecule has 0 spiro atoms. The van der Waals surface area contributed by atoms with Gasteiger partial charge in [-0.15, -0.1) is 0 Å². The summed E-state index contributed by atoms with van der Waals surface area (Å²) < 4.78 is 5.51. The number of carbonyl (C=O) groups excluding carboxylic acids is 6. The minimum atomic E-state index is -0.956. The van der Waals surface area contributed by atoms with Crippen LogP contribution < -0.4 is 26.6 Å². The van der Waals surface area contributed by atoms with Crippen molar-refractivity contribution in [3.8, 4) is 0 Å². The van der Waals surface area contributed by atoms with Gasteiger partial charge in [0.1, 0.15) is 18.7 Å². The van der Waals surface area contributed by atoms with Crippen molar-refractivity contribution in [1.29, 1.82) is 0 Å². The molecule has 0 aromatic rings. The number of piperidine rings is 1. The van der Waals surface area contributed by atoms with E-state index in [0.29, 0.717) is 31.3 Å². The van der Waals surface area contributed by atoms with Crippen LogP contribution in [0.25, 0.3) is 0 Å². The SMILES string of the molecule is CC(C)(C)C(COC(=O)NCC1CC1)NC(=O)NC(C(=O)N1C[C@H]2[C@@H](C1C(=O)NC(CCC1CC1)C(=O)C(=O)NC1CC1)C2(C)C)C1(C)CCCCC1. The van der Waals surface area contributed by atoms with Crippen LogP contribution in [0.3, 0.4) is 0 Å². The Bertz CT molecular complexity index is 1420. The van der Waals surface area contributed by atoms with Gasteiger partial charge in [-0.2, -0.15) is 0 Å². The van der Waals surface area contributed by atoms with Gasteiger partial charge in [-0.1, -0.05) is 73.6 Å². The quantitative estimate of drug-likeness (QED) is 0.148. The summed E-state index contributed by atoms with van der Waals surface area (Å²) in [6.07, 6.45) is 11.1. The number of carbonyl (C=O) groups is 6. The summed E-state index contributed by atoms with van der Waals surface area (Å²) in [5.41, 5.74) is -1.18. The van der Waals surface area contributed by atoms with Gasteiger partial charge in [-0.05, 0) is 91.3 Å². The fourth-order valence-corrected chi connectivity index (χ4v) is 8.74. The number of hydrogen-bond donors (Lipinski definition) is 5. The third-order valence-electron chi connectivity index (χ3n) is 13.3. The molecule has 13 heteroatoms. The van der Waals surface area contributed by atoms with Crippen LogP contribution in [0.2, 0.25) is 0 Å². The van der Waals surface area contributed by atoms with Crippen molar-refractivity contribution >= 4 is 35.6 Å². The molecule has 6 atom stereocenters. The second-order valence-corrected chi connectivity index (χ2v) is 19.2. The predicted molar refractivity (Wildman–Crippen MR) is 198 cm³/mol. The third kappa shape index (κ3) is 9.65. The molecule has 1 heterocycles. The molecule has 1 saturated heterocycles. The van der Waals surface area contributed by atoms with Gasteiger partial charge < -0.3 is 36.2 Å². The Kier molecular flexibility index (Phi) is 11.4. The number of Topliss-reactive ketones (excluding diaryl/α,β-unsaturated/α-hetero) is 1. The fraction of sp³-hybridized carbons (Fsp3) is 0.850. The van der Waals surface area contributed by atoms with Crippen LogP contribution in [-0.2, 0) is 23.9 Å². The molecule has 53 heavy (non-hydrogen) atoms. The Labute approximate surface area is 315 Å². The standard InChI is InChI=1S/C40H64N6O7/c1-38(2,3)28(22-53-37(52)41-20-24-12-13-24)44-36(51)45-32(40(6)18-8-7-9-19-40)35(50)46-21-26-29(39(26,4)5)30(46)33(48)43-27(17-14-23-10-11-23)31(47)34(49)42-25-15-16-25/h23-30,32H,7-22H2,1-6H3,(H,41,52)(H,42,49)(H,43,48)(H2,44,45,51)/t26-,27?,28?,29-,30?,32?/m0/s1. The summed E-state index contributed by atoms with van der Waals surface area (Å²) in [4.78, 5) is 83.4. The average molecular weight is 741 g/mol. The Morgan fingerprint density at radius 1 is 0.849 bits per heavy atom. The largest absolute Gasteiger partial charge is 0.447 e. The van der Waals surface area contributed by atoms with Crippen molar-refractivity contribution in [1.82, 2.24) is 31.5 Å². The van der Waals surface area contributed by atoms with E-state index in [0.717, 1.165) is 77.0 Å². The van der Waals surface area contributed by atoms with Crippen molar-refractivity contribution < 1.29 is 33.5 Å². The van der Waals surface area contributed by atoms with Gasteiger partial charge in [-0.25, -0.2) is 9.59 Å². The lowest BCUT2D eigenvalue weighted by Gasteiger charge is -2.43. The Morgan fingerprint density at radius 2 is 1.51 bits per heavy atom. The number of rotatable bonds is 16. The molecule has 0 radical (unpaired) electrons. The maximum Gasteiger partial charge on any atom is 0.407 e. The summed E-state index contributed by atoms with van der Waals surface area (Å²) >= 11 is 0. The van der Waals surface area contributed by atoms with Gasteiger partial charge in [-0.3, -0.25) is 19.2 Å². The molecule has 5 aliphatic carbocycles. The third-order valence-corrected chi connectivity index (χ3v) is 13.3. The van der Waals surface area contributed by atoms with Gasteiger partial charge in [0.15, 0.2) is 0 Å². The highest BCUT2D eigenvalue weighted by Crippen LogP contribution is 2.65. The van der Waals surface area contributed by atoms with Gasteiger partial charge >= 0.3 is 12.1 Å². The van der Waals surface area contributed by atoms with E-state index in [4.69, 9.17) is 4.74 Å². The molecule has 6 amide bonds. The van der Waals surface area contributed by atoms with E-state index in [1.54, 1.807) is 4.90 Å². The van der Waals surface area contributed by atoms with Crippen LogP contribution in [0, 0.1) is 39.9 Å². The van der Waals surface area contributed by atoms with Crippen LogP contribution in [0.1, 0.15) is 125 Å². The second-order valence-electron chi connectivity index (χ2n) is 19.2. The first-order valence-electron chi connectivity index (χ1n) is 20.4. The monoisotopic (exact) mass is 740 g/mol. The normalized spacial score (nSPS) is 27.3. The number of urea groups is 1. The first kappa shape index (κ1) is 39.3.